The highest BCUT2D eigenvalue weighted by atomic mass is 35.5. The minimum absolute atomic E-state index is 0.232. The predicted molar refractivity (Wildman–Crippen MR) is 88.3 cm³/mol. The number of esters is 1. The molecule has 4 rings (SSSR count). The van der Waals surface area contributed by atoms with Gasteiger partial charge in [0, 0.05) is 10.6 Å². The Morgan fingerprint density at radius 3 is 2.83 bits per heavy atom. The number of hydrogen-bond donors (Lipinski definition) is 0. The first-order chi connectivity index (χ1) is 11.6. The molecule has 5 nitrogen and oxygen atoms in total. The van der Waals surface area contributed by atoms with Crippen LogP contribution in [0.15, 0.2) is 42.5 Å². The highest BCUT2D eigenvalue weighted by Gasteiger charge is 2.56. The third kappa shape index (κ3) is 2.08. The molecule has 0 N–H and O–H groups in total. The fourth-order valence-electron chi connectivity index (χ4n) is 3.24. The van der Waals surface area contributed by atoms with Crippen molar-refractivity contribution in [1.29, 1.82) is 0 Å². The normalized spacial score (nSPS) is 20.8. The molecular weight excluding hydrogens is 330 g/mol. The first-order valence-electron chi connectivity index (χ1n) is 7.68. The molecule has 24 heavy (non-hydrogen) atoms. The quantitative estimate of drug-likeness (QED) is 0.474. The van der Waals surface area contributed by atoms with Gasteiger partial charge in [-0.3, -0.25) is 14.5 Å². The van der Waals surface area contributed by atoms with Gasteiger partial charge in [-0.2, -0.15) is 0 Å². The van der Waals surface area contributed by atoms with Gasteiger partial charge < -0.3 is 9.47 Å². The smallest absolute Gasteiger partial charge is 0.321 e. The van der Waals surface area contributed by atoms with Gasteiger partial charge in [-0.25, -0.2) is 0 Å². The Morgan fingerprint density at radius 1 is 1.25 bits per heavy atom. The third-order valence-corrected chi connectivity index (χ3v) is 4.51. The summed E-state index contributed by atoms with van der Waals surface area (Å²) in [5.74, 6) is -0.551. The maximum Gasteiger partial charge on any atom is 0.321 e. The molecule has 0 bridgehead atoms. The number of hydrogen-bond acceptors (Lipinski definition) is 4. The third-order valence-electron chi connectivity index (χ3n) is 4.28. The van der Waals surface area contributed by atoms with E-state index in [0.29, 0.717) is 22.2 Å². The summed E-state index contributed by atoms with van der Waals surface area (Å²) in [7, 11) is 0. The molecule has 0 radical (unpaired) electrons. The van der Waals surface area contributed by atoms with Gasteiger partial charge in [-0.15, -0.1) is 0 Å². The van der Waals surface area contributed by atoms with E-state index in [1.54, 1.807) is 42.2 Å². The number of ether oxygens (including phenoxy) is 2. The minimum atomic E-state index is -0.861. The number of β-lactam (4-membered cyclic amide) rings is 1. The number of carbonyl (C=O) groups excluding carboxylic acids is 2. The monoisotopic (exact) mass is 343 g/mol. The van der Waals surface area contributed by atoms with Crippen molar-refractivity contribution >= 4 is 29.2 Å². The Labute approximate surface area is 143 Å². The van der Waals surface area contributed by atoms with Gasteiger partial charge in [0.15, 0.2) is 11.7 Å². The molecule has 0 aliphatic carbocycles. The molecule has 2 atom stereocenters. The molecular formula is C18H14ClNO4. The Hall–Kier alpha value is -2.53. The number of amides is 1. The number of halogens is 1. The first-order valence-corrected chi connectivity index (χ1v) is 8.05. The summed E-state index contributed by atoms with van der Waals surface area (Å²) in [4.78, 5) is 26.5. The van der Waals surface area contributed by atoms with E-state index in [9.17, 15) is 9.59 Å². The lowest BCUT2D eigenvalue weighted by Gasteiger charge is -2.44. The van der Waals surface area contributed by atoms with Gasteiger partial charge in [-0.1, -0.05) is 29.8 Å². The Morgan fingerprint density at radius 2 is 2.04 bits per heavy atom. The van der Waals surface area contributed by atoms with Crippen LogP contribution in [0.3, 0.4) is 0 Å². The zero-order valence-electron chi connectivity index (χ0n) is 12.9. The number of carbonyl (C=O) groups is 2. The van der Waals surface area contributed by atoms with Crippen LogP contribution in [-0.2, 0) is 14.3 Å². The van der Waals surface area contributed by atoms with E-state index in [2.05, 4.69) is 0 Å². The molecule has 1 saturated heterocycles. The fourth-order valence-corrected chi connectivity index (χ4v) is 3.40. The van der Waals surface area contributed by atoms with Gasteiger partial charge >= 0.3 is 5.97 Å². The van der Waals surface area contributed by atoms with E-state index in [4.69, 9.17) is 21.1 Å². The van der Waals surface area contributed by atoms with Crippen LogP contribution in [0.1, 0.15) is 18.5 Å². The van der Waals surface area contributed by atoms with Crippen molar-refractivity contribution in [2.45, 2.75) is 13.0 Å². The van der Waals surface area contributed by atoms with E-state index >= 15 is 0 Å². The van der Waals surface area contributed by atoms with Crippen LogP contribution in [0, 0.1) is 5.92 Å². The standard InChI is InChI=1S/C18H14ClNO4/c1-2-23-18(22)15-16-11-8-7-10(19)9-14(11)24-13-6-4-3-5-12(13)20(16)17(15)21/h3-9,15-16H,2H2,1H3/t15-,16-/m0/s1. The molecule has 2 aromatic carbocycles. The van der Waals surface area contributed by atoms with Crippen LogP contribution in [-0.4, -0.2) is 18.5 Å². The summed E-state index contributed by atoms with van der Waals surface area (Å²) in [6, 6.07) is 12.0. The maximum absolute atomic E-state index is 12.6. The highest BCUT2D eigenvalue weighted by Crippen LogP contribution is 2.53. The number of anilines is 1. The Kier molecular flexibility index (Phi) is 3.46. The largest absolute Gasteiger partial charge is 0.465 e. The molecule has 1 amide bonds. The van der Waals surface area contributed by atoms with Crippen LogP contribution in [0.25, 0.3) is 0 Å². The van der Waals surface area contributed by atoms with E-state index in [1.807, 2.05) is 12.1 Å². The molecule has 0 spiro atoms. The number of benzene rings is 2. The molecule has 2 aliphatic rings. The first kappa shape index (κ1) is 15.0. The second kappa shape index (κ2) is 5.53. The SMILES string of the molecule is CCOC(=O)[C@@H]1C(=O)N2c3ccccc3Oc3cc(Cl)ccc3[C@@H]12. The van der Waals surface area contributed by atoms with E-state index in [0.717, 1.165) is 5.56 Å². The zero-order chi connectivity index (χ0) is 16.8. The Bertz CT molecular complexity index is 851. The van der Waals surface area contributed by atoms with E-state index in [1.165, 1.54) is 0 Å². The summed E-state index contributed by atoms with van der Waals surface area (Å²) in [6.45, 7) is 1.95. The summed E-state index contributed by atoms with van der Waals surface area (Å²) in [5.41, 5.74) is 1.38. The van der Waals surface area contributed by atoms with Crippen molar-refractivity contribution in [3.05, 3.63) is 53.1 Å². The molecule has 0 saturated carbocycles. The van der Waals surface area contributed by atoms with Crippen molar-refractivity contribution < 1.29 is 19.1 Å². The highest BCUT2D eigenvalue weighted by molar-refractivity contribution is 6.30. The van der Waals surface area contributed by atoms with Gasteiger partial charge in [0.05, 0.1) is 18.3 Å². The maximum atomic E-state index is 12.6. The van der Waals surface area contributed by atoms with Crippen LogP contribution in [0.2, 0.25) is 5.02 Å². The lowest BCUT2D eigenvalue weighted by atomic mass is 9.81. The van der Waals surface area contributed by atoms with Gasteiger partial charge in [-0.05, 0) is 31.2 Å². The van der Waals surface area contributed by atoms with Crippen molar-refractivity contribution in [2.75, 3.05) is 11.5 Å². The number of rotatable bonds is 2. The van der Waals surface area contributed by atoms with Crippen LogP contribution >= 0.6 is 11.6 Å². The molecule has 6 heteroatoms. The topological polar surface area (TPSA) is 55.8 Å². The molecule has 0 unspecified atom stereocenters. The van der Waals surface area contributed by atoms with Crippen molar-refractivity contribution in [1.82, 2.24) is 0 Å². The molecule has 1 fully saturated rings. The van der Waals surface area contributed by atoms with Crippen molar-refractivity contribution in [2.24, 2.45) is 5.92 Å². The molecule has 2 aliphatic heterocycles. The molecule has 0 aromatic heterocycles. The van der Waals surface area contributed by atoms with Crippen molar-refractivity contribution in [3.8, 4) is 11.5 Å². The number of fused-ring (bicyclic) bond motifs is 5. The second-order valence-corrected chi connectivity index (χ2v) is 6.07. The lowest BCUT2D eigenvalue weighted by molar-refractivity contribution is -0.157. The average molecular weight is 344 g/mol. The van der Waals surface area contributed by atoms with E-state index < -0.39 is 17.9 Å². The van der Waals surface area contributed by atoms with Crippen LogP contribution in [0.4, 0.5) is 5.69 Å². The van der Waals surface area contributed by atoms with Crippen LogP contribution < -0.4 is 9.64 Å². The summed E-state index contributed by atoms with van der Waals surface area (Å²) < 4.78 is 11.0. The summed E-state index contributed by atoms with van der Waals surface area (Å²) >= 11 is 6.08. The fraction of sp³-hybridized carbons (Fsp3) is 0.222. The van der Waals surface area contributed by atoms with Crippen LogP contribution in [0.5, 0.6) is 11.5 Å². The predicted octanol–water partition coefficient (Wildman–Crippen LogP) is 3.71. The molecule has 2 aromatic rings. The zero-order valence-corrected chi connectivity index (χ0v) is 13.6. The van der Waals surface area contributed by atoms with Gasteiger partial charge in [0.1, 0.15) is 5.75 Å². The van der Waals surface area contributed by atoms with Gasteiger partial charge in [0.2, 0.25) is 5.91 Å². The average Bonchev–Trinajstić information content (AvgIpc) is 2.66. The van der Waals surface area contributed by atoms with E-state index in [-0.39, 0.29) is 12.5 Å². The Balaban J connectivity index is 1.87. The number of para-hydroxylation sites is 2. The summed E-state index contributed by atoms with van der Waals surface area (Å²) in [5, 5.41) is 0.526. The van der Waals surface area contributed by atoms with Gasteiger partial charge in [0.25, 0.3) is 0 Å². The summed E-state index contributed by atoms with van der Waals surface area (Å²) in [6.07, 6.45) is 0. The lowest BCUT2D eigenvalue weighted by Crippen LogP contribution is -2.58. The molecule has 2 heterocycles. The number of nitrogens with zero attached hydrogens (tertiary/aromatic N) is 1. The minimum Gasteiger partial charge on any atom is -0.465 e. The van der Waals surface area contributed by atoms with Crippen molar-refractivity contribution in [3.63, 3.8) is 0 Å². The second-order valence-electron chi connectivity index (χ2n) is 5.63. The molecule has 122 valence electrons.